The Balaban J connectivity index is 1.83. The molecule has 0 aromatic heterocycles. The molecule has 3 nitrogen and oxygen atoms in total. The van der Waals surface area contributed by atoms with Crippen molar-refractivity contribution in [3.8, 4) is 0 Å². The molecule has 3 heteroatoms. The predicted octanol–water partition coefficient (Wildman–Crippen LogP) is 0.938. The third-order valence-electron chi connectivity index (χ3n) is 3.68. The molecular weight excluding hydrogens is 188 g/mol. The van der Waals surface area contributed by atoms with Crippen molar-refractivity contribution in [2.24, 2.45) is 23.5 Å². The van der Waals surface area contributed by atoms with E-state index in [-0.39, 0.29) is 6.04 Å². The number of piperidine rings is 1. The molecule has 0 aromatic rings. The minimum absolute atomic E-state index is 0.262. The number of nitrogens with two attached hydrogens (primary N) is 1. The SMILES string of the molecule is CC1CC(C)CN(CC2COCC2N)C1. The highest BCUT2D eigenvalue weighted by atomic mass is 16.5. The fraction of sp³-hybridized carbons (Fsp3) is 1.00. The second-order valence-electron chi connectivity index (χ2n) is 5.63. The summed E-state index contributed by atoms with van der Waals surface area (Å²) in [5, 5.41) is 0. The molecule has 2 N–H and O–H groups in total. The van der Waals surface area contributed by atoms with Crippen molar-refractivity contribution in [2.45, 2.75) is 26.3 Å². The lowest BCUT2D eigenvalue weighted by Crippen LogP contribution is -2.44. The first-order valence-electron chi connectivity index (χ1n) is 6.21. The monoisotopic (exact) mass is 212 g/mol. The molecule has 0 aromatic carbocycles. The molecule has 2 saturated heterocycles. The maximum absolute atomic E-state index is 6.01. The highest BCUT2D eigenvalue weighted by molar-refractivity contribution is 4.83. The molecule has 15 heavy (non-hydrogen) atoms. The first kappa shape index (κ1) is 11.4. The maximum Gasteiger partial charge on any atom is 0.0621 e. The van der Waals surface area contributed by atoms with Crippen LogP contribution in [-0.2, 0) is 4.74 Å². The first-order chi connectivity index (χ1) is 7.15. The molecular formula is C12H24N2O. The van der Waals surface area contributed by atoms with Crippen LogP contribution in [0.2, 0.25) is 0 Å². The maximum atomic E-state index is 6.01. The highest BCUT2D eigenvalue weighted by Crippen LogP contribution is 2.23. The van der Waals surface area contributed by atoms with Crippen LogP contribution >= 0.6 is 0 Å². The third kappa shape index (κ3) is 2.92. The summed E-state index contributed by atoms with van der Waals surface area (Å²) in [6.07, 6.45) is 1.38. The number of hydrogen-bond acceptors (Lipinski definition) is 3. The topological polar surface area (TPSA) is 38.5 Å². The van der Waals surface area contributed by atoms with Crippen LogP contribution < -0.4 is 5.73 Å². The van der Waals surface area contributed by atoms with E-state index in [1.165, 1.54) is 19.5 Å². The molecule has 2 aliphatic heterocycles. The van der Waals surface area contributed by atoms with Gasteiger partial charge in [0.1, 0.15) is 0 Å². The minimum Gasteiger partial charge on any atom is -0.379 e. The molecule has 4 unspecified atom stereocenters. The number of likely N-dealkylation sites (tertiary alicyclic amines) is 1. The fourth-order valence-electron chi connectivity index (χ4n) is 3.08. The van der Waals surface area contributed by atoms with E-state index in [1.54, 1.807) is 0 Å². The lowest BCUT2D eigenvalue weighted by atomic mass is 9.91. The lowest BCUT2D eigenvalue weighted by Gasteiger charge is -2.36. The van der Waals surface area contributed by atoms with Gasteiger partial charge in [-0.15, -0.1) is 0 Å². The molecule has 2 fully saturated rings. The Morgan fingerprint density at radius 3 is 2.40 bits per heavy atom. The van der Waals surface area contributed by atoms with Crippen LogP contribution in [0.1, 0.15) is 20.3 Å². The molecule has 2 heterocycles. The van der Waals surface area contributed by atoms with Gasteiger partial charge < -0.3 is 15.4 Å². The number of nitrogens with zero attached hydrogens (tertiary/aromatic N) is 1. The van der Waals surface area contributed by atoms with Crippen LogP contribution in [0.15, 0.2) is 0 Å². The van der Waals surface area contributed by atoms with Gasteiger partial charge in [0, 0.05) is 31.6 Å². The third-order valence-corrected chi connectivity index (χ3v) is 3.68. The van der Waals surface area contributed by atoms with Crippen LogP contribution in [0.4, 0.5) is 0 Å². The summed E-state index contributed by atoms with van der Waals surface area (Å²) in [6.45, 7) is 9.95. The molecule has 0 radical (unpaired) electrons. The summed E-state index contributed by atoms with van der Waals surface area (Å²) in [4.78, 5) is 2.58. The standard InChI is InChI=1S/C12H24N2O/c1-9-3-10(2)5-14(4-9)6-11-7-15-8-12(11)13/h9-12H,3-8,13H2,1-2H3. The molecule has 4 atom stereocenters. The molecule has 0 saturated carbocycles. The average molecular weight is 212 g/mol. The van der Waals surface area contributed by atoms with Crippen LogP contribution in [0.25, 0.3) is 0 Å². The summed E-state index contributed by atoms with van der Waals surface area (Å²) < 4.78 is 5.41. The van der Waals surface area contributed by atoms with E-state index in [2.05, 4.69) is 18.7 Å². The number of rotatable bonds is 2. The second-order valence-corrected chi connectivity index (χ2v) is 5.63. The van der Waals surface area contributed by atoms with E-state index in [4.69, 9.17) is 10.5 Å². The largest absolute Gasteiger partial charge is 0.379 e. The number of ether oxygens (including phenoxy) is 1. The van der Waals surface area contributed by atoms with Crippen LogP contribution in [0, 0.1) is 17.8 Å². The lowest BCUT2D eigenvalue weighted by molar-refractivity contribution is 0.112. The Morgan fingerprint density at radius 1 is 1.20 bits per heavy atom. The van der Waals surface area contributed by atoms with Gasteiger partial charge in [0.25, 0.3) is 0 Å². The van der Waals surface area contributed by atoms with Crippen molar-refractivity contribution in [3.05, 3.63) is 0 Å². The highest BCUT2D eigenvalue weighted by Gasteiger charge is 2.29. The van der Waals surface area contributed by atoms with Crippen molar-refractivity contribution < 1.29 is 4.74 Å². The molecule has 0 aliphatic carbocycles. The Labute approximate surface area is 93.0 Å². The van der Waals surface area contributed by atoms with Gasteiger partial charge in [-0.05, 0) is 18.3 Å². The predicted molar refractivity (Wildman–Crippen MR) is 61.7 cm³/mol. The smallest absolute Gasteiger partial charge is 0.0621 e. The van der Waals surface area contributed by atoms with E-state index in [0.29, 0.717) is 5.92 Å². The first-order valence-corrected chi connectivity index (χ1v) is 6.21. The molecule has 2 aliphatic rings. The van der Waals surface area contributed by atoms with Gasteiger partial charge in [-0.1, -0.05) is 13.8 Å². The zero-order valence-corrected chi connectivity index (χ0v) is 9.98. The van der Waals surface area contributed by atoms with Crippen molar-refractivity contribution in [1.29, 1.82) is 0 Å². The Kier molecular flexibility index (Phi) is 3.65. The van der Waals surface area contributed by atoms with Gasteiger partial charge in [-0.25, -0.2) is 0 Å². The molecule has 0 bridgehead atoms. The summed E-state index contributed by atoms with van der Waals surface area (Å²) in [5.41, 5.74) is 6.01. The van der Waals surface area contributed by atoms with Crippen molar-refractivity contribution in [2.75, 3.05) is 32.8 Å². The zero-order valence-electron chi connectivity index (χ0n) is 9.98. The Bertz CT molecular complexity index is 200. The van der Waals surface area contributed by atoms with Crippen molar-refractivity contribution in [3.63, 3.8) is 0 Å². The molecule has 0 amide bonds. The van der Waals surface area contributed by atoms with Gasteiger partial charge in [0.2, 0.25) is 0 Å². The van der Waals surface area contributed by atoms with Crippen molar-refractivity contribution >= 4 is 0 Å². The van der Waals surface area contributed by atoms with Gasteiger partial charge in [0.15, 0.2) is 0 Å². The van der Waals surface area contributed by atoms with Crippen LogP contribution in [0.3, 0.4) is 0 Å². The normalized spacial score (nSPS) is 43.4. The van der Waals surface area contributed by atoms with E-state index in [9.17, 15) is 0 Å². The van der Waals surface area contributed by atoms with E-state index >= 15 is 0 Å². The van der Waals surface area contributed by atoms with Gasteiger partial charge in [0.05, 0.1) is 13.2 Å². The Hall–Kier alpha value is -0.120. The summed E-state index contributed by atoms with van der Waals surface area (Å²) in [5.74, 6) is 2.24. The summed E-state index contributed by atoms with van der Waals surface area (Å²) in [6, 6.07) is 0.262. The van der Waals surface area contributed by atoms with E-state index in [1.807, 2.05) is 0 Å². The average Bonchev–Trinajstić information content (AvgIpc) is 2.50. The van der Waals surface area contributed by atoms with Crippen LogP contribution in [-0.4, -0.2) is 43.8 Å². The quantitative estimate of drug-likeness (QED) is 0.740. The van der Waals surface area contributed by atoms with Gasteiger partial charge in [-0.3, -0.25) is 0 Å². The molecule has 0 spiro atoms. The zero-order chi connectivity index (χ0) is 10.8. The fourth-order valence-corrected chi connectivity index (χ4v) is 3.08. The summed E-state index contributed by atoms with van der Waals surface area (Å²) >= 11 is 0. The van der Waals surface area contributed by atoms with E-state index in [0.717, 1.165) is 31.6 Å². The van der Waals surface area contributed by atoms with E-state index < -0.39 is 0 Å². The summed E-state index contributed by atoms with van der Waals surface area (Å²) in [7, 11) is 0. The Morgan fingerprint density at radius 2 is 1.87 bits per heavy atom. The molecule has 88 valence electrons. The second kappa shape index (κ2) is 4.81. The minimum atomic E-state index is 0.262. The van der Waals surface area contributed by atoms with Crippen LogP contribution in [0.5, 0.6) is 0 Å². The van der Waals surface area contributed by atoms with Crippen molar-refractivity contribution in [1.82, 2.24) is 4.90 Å². The van der Waals surface area contributed by atoms with Gasteiger partial charge in [-0.2, -0.15) is 0 Å². The number of hydrogen-bond donors (Lipinski definition) is 1. The van der Waals surface area contributed by atoms with Gasteiger partial charge >= 0.3 is 0 Å². The molecule has 2 rings (SSSR count).